The molecule has 0 nitrogen and oxygen atoms in total. The van der Waals surface area contributed by atoms with Crippen molar-refractivity contribution in [3.8, 4) is 22.3 Å². The molecule has 48 heavy (non-hydrogen) atoms. The third kappa shape index (κ3) is 5.66. The second-order valence-corrected chi connectivity index (χ2v) is 14.6. The standard InChI is InChI=1S/C48H54/c1-3-5-7-9-11-23-33-47(34-24-12-10-8-6-4-2)43-31-21-19-29-39(43)41-36-46-42(35-45(41)47)40-30-20-22-32-44(40)48(46,37-25-15-13-16-26-37)38-27-17-14-18-28-38/h13-22,25-32,35-36H,3-12,23-24,33-34H2,1-2H3. The summed E-state index contributed by atoms with van der Waals surface area (Å²) in [7, 11) is 0. The van der Waals surface area contributed by atoms with Crippen LogP contribution in [0.25, 0.3) is 22.3 Å². The highest BCUT2D eigenvalue weighted by Gasteiger charge is 2.49. The molecule has 0 aliphatic heterocycles. The first-order valence-corrected chi connectivity index (χ1v) is 19.3. The van der Waals surface area contributed by atoms with Gasteiger partial charge in [-0.3, -0.25) is 0 Å². The van der Waals surface area contributed by atoms with Crippen molar-refractivity contribution in [2.45, 2.75) is 115 Å². The van der Waals surface area contributed by atoms with Crippen LogP contribution in [0.3, 0.4) is 0 Å². The fourth-order valence-corrected chi connectivity index (χ4v) is 9.46. The summed E-state index contributed by atoms with van der Waals surface area (Å²) in [5.41, 5.74) is 14.2. The largest absolute Gasteiger partial charge is 0.0713 e. The van der Waals surface area contributed by atoms with E-state index in [1.807, 2.05) is 0 Å². The number of hydrogen-bond acceptors (Lipinski definition) is 0. The molecule has 2 aliphatic carbocycles. The van der Waals surface area contributed by atoms with Crippen molar-refractivity contribution >= 4 is 0 Å². The zero-order valence-corrected chi connectivity index (χ0v) is 29.4. The van der Waals surface area contributed by atoms with Gasteiger partial charge >= 0.3 is 0 Å². The van der Waals surface area contributed by atoms with Gasteiger partial charge in [-0.25, -0.2) is 0 Å². The van der Waals surface area contributed by atoms with Gasteiger partial charge in [0.15, 0.2) is 0 Å². The van der Waals surface area contributed by atoms with Gasteiger partial charge in [-0.1, -0.05) is 200 Å². The van der Waals surface area contributed by atoms with Crippen molar-refractivity contribution in [2.75, 3.05) is 0 Å². The third-order valence-corrected chi connectivity index (χ3v) is 11.8. The summed E-state index contributed by atoms with van der Waals surface area (Å²) >= 11 is 0. The molecule has 2 aliphatic rings. The highest BCUT2D eigenvalue weighted by Crippen LogP contribution is 2.61. The minimum absolute atomic E-state index is 0.0795. The molecule has 0 fully saturated rings. The second kappa shape index (κ2) is 14.7. The van der Waals surface area contributed by atoms with Crippen molar-refractivity contribution in [3.63, 3.8) is 0 Å². The van der Waals surface area contributed by atoms with E-state index in [9.17, 15) is 0 Å². The van der Waals surface area contributed by atoms with E-state index in [4.69, 9.17) is 0 Å². The molecule has 246 valence electrons. The van der Waals surface area contributed by atoms with E-state index in [2.05, 4.69) is 135 Å². The van der Waals surface area contributed by atoms with Crippen molar-refractivity contribution in [1.29, 1.82) is 0 Å². The van der Waals surface area contributed by atoms with Gasteiger partial charge in [0.25, 0.3) is 0 Å². The zero-order valence-electron chi connectivity index (χ0n) is 29.4. The van der Waals surface area contributed by atoms with Crippen LogP contribution in [0.2, 0.25) is 0 Å². The molecule has 0 N–H and O–H groups in total. The predicted molar refractivity (Wildman–Crippen MR) is 206 cm³/mol. The van der Waals surface area contributed by atoms with Gasteiger partial charge in [0.05, 0.1) is 5.41 Å². The maximum absolute atomic E-state index is 2.69. The molecule has 0 aromatic heterocycles. The summed E-state index contributed by atoms with van der Waals surface area (Å²) in [6.45, 7) is 4.64. The lowest BCUT2D eigenvalue weighted by Crippen LogP contribution is -2.29. The quantitative estimate of drug-likeness (QED) is 0.0933. The molecule has 0 saturated heterocycles. The molecule has 7 rings (SSSR count). The summed E-state index contributed by atoms with van der Waals surface area (Å²) in [5, 5.41) is 0. The SMILES string of the molecule is CCCCCCCCC1(CCCCCCCC)c2ccccc2-c2cc3c(cc21)-c1ccccc1C3(c1ccccc1)c1ccccc1. The van der Waals surface area contributed by atoms with E-state index >= 15 is 0 Å². The maximum Gasteiger partial charge on any atom is 0.0713 e. The molecule has 0 heteroatoms. The van der Waals surface area contributed by atoms with Crippen LogP contribution in [0.4, 0.5) is 0 Å². The van der Waals surface area contributed by atoms with E-state index in [-0.39, 0.29) is 10.8 Å². The number of benzene rings is 5. The minimum Gasteiger partial charge on any atom is -0.0654 e. The van der Waals surface area contributed by atoms with Crippen LogP contribution in [0.5, 0.6) is 0 Å². The molecule has 0 amide bonds. The number of fused-ring (bicyclic) bond motifs is 6. The molecule has 0 bridgehead atoms. The molecule has 5 aromatic carbocycles. The number of rotatable bonds is 16. The average molecular weight is 631 g/mol. The minimum atomic E-state index is -0.359. The molecule has 0 radical (unpaired) electrons. The molecule has 0 unspecified atom stereocenters. The Kier molecular flexibility index (Phi) is 9.99. The summed E-state index contributed by atoms with van der Waals surface area (Å²) < 4.78 is 0. The van der Waals surface area contributed by atoms with Gasteiger partial charge in [0.1, 0.15) is 0 Å². The third-order valence-electron chi connectivity index (χ3n) is 11.8. The Morgan fingerprint density at radius 3 is 1.33 bits per heavy atom. The van der Waals surface area contributed by atoms with Crippen molar-refractivity contribution in [1.82, 2.24) is 0 Å². The van der Waals surface area contributed by atoms with Gasteiger partial charge in [-0.2, -0.15) is 0 Å². The van der Waals surface area contributed by atoms with E-state index < -0.39 is 0 Å². The molecule has 0 spiro atoms. The fraction of sp³-hybridized carbons (Fsp3) is 0.375. The van der Waals surface area contributed by atoms with Crippen molar-refractivity contribution in [2.24, 2.45) is 0 Å². The van der Waals surface area contributed by atoms with Gasteiger partial charge in [-0.15, -0.1) is 0 Å². The molecule has 0 saturated carbocycles. The summed E-state index contributed by atoms with van der Waals surface area (Å²) in [5.74, 6) is 0. The van der Waals surface area contributed by atoms with E-state index in [0.29, 0.717) is 0 Å². The van der Waals surface area contributed by atoms with Crippen LogP contribution >= 0.6 is 0 Å². The first-order valence-electron chi connectivity index (χ1n) is 19.3. The Labute approximate surface area is 290 Å². The van der Waals surface area contributed by atoms with Crippen LogP contribution < -0.4 is 0 Å². The van der Waals surface area contributed by atoms with Crippen molar-refractivity contribution < 1.29 is 0 Å². The first-order chi connectivity index (χ1) is 23.8. The molecular formula is C48H54. The number of unbranched alkanes of at least 4 members (excludes halogenated alkanes) is 10. The molecule has 5 aromatic rings. The van der Waals surface area contributed by atoms with E-state index in [0.717, 1.165) is 0 Å². The average Bonchev–Trinajstić information content (AvgIpc) is 3.58. The van der Waals surface area contributed by atoms with Gasteiger partial charge < -0.3 is 0 Å². The van der Waals surface area contributed by atoms with E-state index in [1.165, 1.54) is 134 Å². The Balaban J connectivity index is 1.40. The highest BCUT2D eigenvalue weighted by molar-refractivity contribution is 5.92. The fourth-order valence-electron chi connectivity index (χ4n) is 9.46. The molecule has 0 atom stereocenters. The van der Waals surface area contributed by atoms with Crippen LogP contribution in [0.1, 0.15) is 137 Å². The normalized spacial score (nSPS) is 14.7. The topological polar surface area (TPSA) is 0 Å². The lowest BCUT2D eigenvalue weighted by atomic mass is 9.67. The van der Waals surface area contributed by atoms with Crippen LogP contribution in [-0.4, -0.2) is 0 Å². The Morgan fingerprint density at radius 1 is 0.354 bits per heavy atom. The zero-order chi connectivity index (χ0) is 32.8. The van der Waals surface area contributed by atoms with Crippen molar-refractivity contribution in [3.05, 3.63) is 155 Å². The number of hydrogen-bond donors (Lipinski definition) is 0. The molecular weight excluding hydrogens is 577 g/mol. The monoisotopic (exact) mass is 630 g/mol. The van der Waals surface area contributed by atoms with Gasteiger partial charge in [-0.05, 0) is 80.6 Å². The van der Waals surface area contributed by atoms with E-state index in [1.54, 1.807) is 11.1 Å². The van der Waals surface area contributed by atoms with Crippen LogP contribution in [0, 0.1) is 0 Å². The molecule has 0 heterocycles. The predicted octanol–water partition coefficient (Wildman–Crippen LogP) is 13.8. The van der Waals surface area contributed by atoms with Crippen LogP contribution in [-0.2, 0) is 10.8 Å². The van der Waals surface area contributed by atoms with Crippen LogP contribution in [0.15, 0.2) is 121 Å². The lowest BCUT2D eigenvalue weighted by molar-refractivity contribution is 0.398. The lowest BCUT2D eigenvalue weighted by Gasteiger charge is -2.35. The summed E-state index contributed by atoms with van der Waals surface area (Å²) in [6.07, 6.45) is 18.6. The first kappa shape index (κ1) is 32.6. The summed E-state index contributed by atoms with van der Waals surface area (Å²) in [6, 6.07) is 46.7. The smallest absolute Gasteiger partial charge is 0.0654 e. The second-order valence-electron chi connectivity index (χ2n) is 14.6. The maximum atomic E-state index is 2.69. The Bertz CT molecular complexity index is 1740. The summed E-state index contributed by atoms with van der Waals surface area (Å²) in [4.78, 5) is 0. The van der Waals surface area contributed by atoms with Gasteiger partial charge in [0, 0.05) is 5.41 Å². The Morgan fingerprint density at radius 2 is 0.771 bits per heavy atom. The Hall–Kier alpha value is -3.90. The van der Waals surface area contributed by atoms with Gasteiger partial charge in [0.2, 0.25) is 0 Å². The highest BCUT2D eigenvalue weighted by atomic mass is 14.5.